The second-order valence-corrected chi connectivity index (χ2v) is 8.03. The molecule has 0 bridgehead atoms. The van der Waals surface area contributed by atoms with Crippen molar-refractivity contribution in [1.29, 1.82) is 0 Å². The Morgan fingerprint density at radius 1 is 0.657 bits per heavy atom. The Balaban J connectivity index is 1.60. The van der Waals surface area contributed by atoms with Gasteiger partial charge in [0, 0.05) is 17.7 Å². The van der Waals surface area contributed by atoms with Crippen LogP contribution in [-0.2, 0) is 6.11 Å². The van der Waals surface area contributed by atoms with E-state index in [1.807, 2.05) is 0 Å². The second kappa shape index (κ2) is 9.26. The van der Waals surface area contributed by atoms with Crippen molar-refractivity contribution in [3.63, 3.8) is 0 Å². The topological polar surface area (TPSA) is 9.23 Å². The van der Waals surface area contributed by atoms with E-state index in [4.69, 9.17) is 11.6 Å². The number of halogens is 8. The highest BCUT2D eigenvalue weighted by Gasteiger charge is 2.38. The average Bonchev–Trinajstić information content (AvgIpc) is 2.81. The fraction of sp³-hybridized carbons (Fsp3) is 0.0769. The molecule has 180 valence electrons. The van der Waals surface area contributed by atoms with E-state index in [0.29, 0.717) is 22.3 Å². The molecule has 0 unspecified atom stereocenters. The minimum absolute atomic E-state index is 0.0451. The van der Waals surface area contributed by atoms with Gasteiger partial charge in [0.2, 0.25) is 0 Å². The molecule has 0 aromatic heterocycles. The highest BCUT2D eigenvalue weighted by molar-refractivity contribution is 6.33. The first kappa shape index (κ1) is 24.6. The second-order valence-electron chi connectivity index (χ2n) is 7.65. The number of aryl methyl sites for hydroxylation is 1. The van der Waals surface area contributed by atoms with Crippen molar-refractivity contribution in [3.05, 3.63) is 112 Å². The summed E-state index contributed by atoms with van der Waals surface area (Å²) in [5.74, 6) is -8.22. The lowest BCUT2D eigenvalue weighted by Gasteiger charge is -2.19. The maximum absolute atomic E-state index is 14.6. The summed E-state index contributed by atoms with van der Waals surface area (Å²) in [5.41, 5.74) is 0.955. The quantitative estimate of drug-likeness (QED) is 0.192. The van der Waals surface area contributed by atoms with Gasteiger partial charge in [-0.25, -0.2) is 22.0 Å². The Kier molecular flexibility index (Phi) is 6.51. The largest absolute Gasteiger partial charge is 0.429 e. The van der Waals surface area contributed by atoms with Gasteiger partial charge in [-0.05, 0) is 41.3 Å². The molecule has 0 spiro atoms. The van der Waals surface area contributed by atoms with E-state index >= 15 is 0 Å². The molecule has 4 aromatic carbocycles. The van der Waals surface area contributed by atoms with Crippen LogP contribution in [0.1, 0.15) is 11.1 Å². The lowest BCUT2D eigenvalue weighted by atomic mass is 9.98. The molecule has 0 saturated carbocycles. The number of ether oxygens (including phenoxy) is 1. The van der Waals surface area contributed by atoms with E-state index in [0.717, 1.165) is 12.1 Å². The maximum atomic E-state index is 14.6. The van der Waals surface area contributed by atoms with Crippen LogP contribution in [0.4, 0.5) is 30.7 Å². The van der Waals surface area contributed by atoms with Gasteiger partial charge < -0.3 is 4.74 Å². The molecule has 0 aliphatic heterocycles. The van der Waals surface area contributed by atoms with Crippen LogP contribution in [0.3, 0.4) is 0 Å². The zero-order chi connectivity index (χ0) is 25.5. The SMILES string of the molecule is Cc1ccc(-c2ccc(-c3ccc(C(F)(F)Oc4cc(F)c(F)c(F)c4)c(F)c3)cc2)c(Cl)c1F. The van der Waals surface area contributed by atoms with Gasteiger partial charge in [0.25, 0.3) is 0 Å². The molecular weight excluding hydrogens is 497 g/mol. The van der Waals surface area contributed by atoms with Gasteiger partial charge in [-0.1, -0.05) is 54.1 Å². The van der Waals surface area contributed by atoms with E-state index in [1.54, 1.807) is 43.3 Å². The van der Waals surface area contributed by atoms with Crippen molar-refractivity contribution < 1.29 is 35.5 Å². The summed E-state index contributed by atoms with van der Waals surface area (Å²) >= 11 is 6.09. The minimum Gasteiger partial charge on any atom is -0.429 e. The van der Waals surface area contributed by atoms with Gasteiger partial charge in [0.05, 0.1) is 10.6 Å². The van der Waals surface area contributed by atoms with Crippen molar-refractivity contribution in [1.82, 2.24) is 0 Å². The molecule has 0 saturated heterocycles. The molecule has 35 heavy (non-hydrogen) atoms. The molecule has 0 N–H and O–H groups in total. The van der Waals surface area contributed by atoms with Crippen LogP contribution in [-0.4, -0.2) is 0 Å². The van der Waals surface area contributed by atoms with Gasteiger partial charge in [-0.15, -0.1) is 0 Å². The van der Waals surface area contributed by atoms with Gasteiger partial charge in [0.15, 0.2) is 17.5 Å². The van der Waals surface area contributed by atoms with Crippen molar-refractivity contribution in [2.24, 2.45) is 0 Å². The molecule has 0 fully saturated rings. The standard InChI is InChI=1S/C26H14ClF7O/c1-13-2-8-18(23(27)24(13)31)15-5-3-14(4-6-15)16-7-9-19(20(28)10-16)26(33,34)35-17-11-21(29)25(32)22(30)12-17/h2-12H,1H3. The summed E-state index contributed by atoms with van der Waals surface area (Å²) < 4.78 is 102. The van der Waals surface area contributed by atoms with Gasteiger partial charge in [-0.2, -0.15) is 8.78 Å². The Hall–Kier alpha value is -3.52. The maximum Gasteiger partial charge on any atom is 0.429 e. The summed E-state index contributed by atoms with van der Waals surface area (Å²) in [4.78, 5) is 0. The van der Waals surface area contributed by atoms with Crippen LogP contribution in [0.15, 0.2) is 66.7 Å². The Morgan fingerprint density at radius 2 is 1.23 bits per heavy atom. The fourth-order valence-electron chi connectivity index (χ4n) is 3.44. The van der Waals surface area contributed by atoms with Crippen molar-refractivity contribution in [2.45, 2.75) is 13.0 Å². The molecule has 4 rings (SSSR count). The highest BCUT2D eigenvalue weighted by atomic mass is 35.5. The first-order chi connectivity index (χ1) is 16.5. The number of rotatable bonds is 5. The molecule has 0 atom stereocenters. The molecule has 0 aliphatic carbocycles. The molecule has 0 amide bonds. The molecule has 4 aromatic rings. The third-order valence-electron chi connectivity index (χ3n) is 5.29. The molecule has 0 radical (unpaired) electrons. The van der Waals surface area contributed by atoms with E-state index in [-0.39, 0.29) is 22.7 Å². The average molecular weight is 511 g/mol. The first-order valence-electron chi connectivity index (χ1n) is 10.0. The van der Waals surface area contributed by atoms with E-state index < -0.39 is 46.5 Å². The lowest BCUT2D eigenvalue weighted by molar-refractivity contribution is -0.187. The normalized spacial score (nSPS) is 11.6. The van der Waals surface area contributed by atoms with E-state index in [1.165, 1.54) is 6.07 Å². The van der Waals surface area contributed by atoms with Gasteiger partial charge >= 0.3 is 6.11 Å². The molecular formula is C26H14ClF7O. The van der Waals surface area contributed by atoms with E-state index in [9.17, 15) is 30.7 Å². The van der Waals surface area contributed by atoms with E-state index in [2.05, 4.69) is 4.74 Å². The number of hydrogen-bond donors (Lipinski definition) is 0. The van der Waals surface area contributed by atoms with Crippen molar-refractivity contribution in [2.75, 3.05) is 0 Å². The zero-order valence-electron chi connectivity index (χ0n) is 17.8. The van der Waals surface area contributed by atoms with Gasteiger partial charge in [0.1, 0.15) is 17.4 Å². The lowest BCUT2D eigenvalue weighted by Crippen LogP contribution is -2.23. The summed E-state index contributed by atoms with van der Waals surface area (Å²) in [6.45, 7) is 1.58. The van der Waals surface area contributed by atoms with Crippen LogP contribution in [0.2, 0.25) is 5.02 Å². The third-order valence-corrected chi connectivity index (χ3v) is 5.66. The molecule has 0 aliphatic rings. The van der Waals surface area contributed by atoms with Crippen molar-refractivity contribution in [3.8, 4) is 28.0 Å². The smallest absolute Gasteiger partial charge is 0.429 e. The number of alkyl halides is 2. The molecule has 0 heterocycles. The summed E-state index contributed by atoms with van der Waals surface area (Å²) in [6, 6.07) is 12.9. The summed E-state index contributed by atoms with van der Waals surface area (Å²) in [6.07, 6.45) is -4.31. The zero-order valence-corrected chi connectivity index (χ0v) is 18.5. The van der Waals surface area contributed by atoms with Crippen LogP contribution < -0.4 is 4.74 Å². The van der Waals surface area contributed by atoms with Crippen LogP contribution in [0.25, 0.3) is 22.3 Å². The third kappa shape index (κ3) is 4.84. The fourth-order valence-corrected chi connectivity index (χ4v) is 3.76. The monoisotopic (exact) mass is 510 g/mol. The summed E-state index contributed by atoms with van der Waals surface area (Å²) in [7, 11) is 0. The summed E-state index contributed by atoms with van der Waals surface area (Å²) in [5, 5.41) is -0.0451. The molecule has 9 heteroatoms. The van der Waals surface area contributed by atoms with Gasteiger partial charge in [-0.3, -0.25) is 0 Å². The number of benzene rings is 4. The number of hydrogen-bond acceptors (Lipinski definition) is 1. The first-order valence-corrected chi connectivity index (χ1v) is 10.4. The van der Waals surface area contributed by atoms with Crippen LogP contribution >= 0.6 is 11.6 Å². The highest BCUT2D eigenvalue weighted by Crippen LogP contribution is 2.37. The predicted molar refractivity (Wildman–Crippen MR) is 118 cm³/mol. The van der Waals surface area contributed by atoms with Crippen LogP contribution in [0, 0.1) is 36.0 Å². The predicted octanol–water partition coefficient (Wildman–Crippen LogP) is 8.81. The Labute approximate surface area is 200 Å². The molecule has 1 nitrogen and oxygen atoms in total. The Morgan fingerprint density at radius 3 is 1.83 bits per heavy atom. The minimum atomic E-state index is -4.31. The van der Waals surface area contributed by atoms with Crippen molar-refractivity contribution >= 4 is 11.6 Å². The van der Waals surface area contributed by atoms with Crippen LogP contribution in [0.5, 0.6) is 5.75 Å². The Bertz CT molecular complexity index is 1400.